The summed E-state index contributed by atoms with van der Waals surface area (Å²) >= 11 is 1.47. The molecule has 0 bridgehead atoms. The minimum Gasteiger partial charge on any atom is -0.480 e. The maximum atomic E-state index is 12.8. The molecule has 4 unspecified atom stereocenters. The zero-order valence-corrected chi connectivity index (χ0v) is 16.3. The van der Waals surface area contributed by atoms with E-state index in [1.54, 1.807) is 0 Å². The van der Waals surface area contributed by atoms with Crippen molar-refractivity contribution >= 4 is 35.5 Å². The van der Waals surface area contributed by atoms with Crippen LogP contribution in [-0.2, 0) is 19.2 Å². The zero-order chi connectivity index (χ0) is 20.6. The Morgan fingerprint density at radius 1 is 1.30 bits per heavy atom. The number of carbonyl (C=O) groups is 4. The number of thioether (sulfide) groups is 1. The third-order valence-corrected chi connectivity index (χ3v) is 4.96. The molecule has 4 atom stereocenters. The van der Waals surface area contributed by atoms with E-state index in [0.717, 1.165) is 0 Å². The van der Waals surface area contributed by atoms with Crippen LogP contribution in [0.3, 0.4) is 0 Å². The van der Waals surface area contributed by atoms with E-state index in [9.17, 15) is 29.4 Å². The molecule has 0 aromatic heterocycles. The predicted molar refractivity (Wildman–Crippen MR) is 100.0 cm³/mol. The van der Waals surface area contributed by atoms with Crippen molar-refractivity contribution < 1.29 is 29.4 Å². The summed E-state index contributed by atoms with van der Waals surface area (Å²) < 4.78 is 0. The lowest BCUT2D eigenvalue weighted by Gasteiger charge is -2.30. The minimum atomic E-state index is -1.22. The second-order valence-corrected chi connectivity index (χ2v) is 7.35. The third kappa shape index (κ3) is 6.67. The number of amides is 3. The molecule has 0 aliphatic carbocycles. The number of nitrogens with zero attached hydrogens (tertiary/aromatic N) is 1. The van der Waals surface area contributed by atoms with Crippen molar-refractivity contribution in [3.05, 3.63) is 0 Å². The lowest BCUT2D eigenvalue weighted by atomic mass is 10.1. The maximum absolute atomic E-state index is 12.8. The summed E-state index contributed by atoms with van der Waals surface area (Å²) in [5.41, 5.74) is 5.23. The van der Waals surface area contributed by atoms with Crippen LogP contribution in [0.4, 0.5) is 0 Å². The molecule has 0 saturated carbocycles. The summed E-state index contributed by atoms with van der Waals surface area (Å²) in [4.78, 5) is 49.4. The van der Waals surface area contributed by atoms with Gasteiger partial charge in [0.1, 0.15) is 18.1 Å². The summed E-state index contributed by atoms with van der Waals surface area (Å²) in [6.07, 6.45) is 1.87. The van der Waals surface area contributed by atoms with E-state index < -0.39 is 47.9 Å². The third-order valence-electron chi connectivity index (χ3n) is 4.31. The van der Waals surface area contributed by atoms with E-state index in [2.05, 4.69) is 10.6 Å². The molecular formula is C16H28N4O6S. The predicted octanol–water partition coefficient (Wildman–Crippen LogP) is -1.88. The highest BCUT2D eigenvalue weighted by Gasteiger charge is 2.39. The molecule has 1 rings (SSSR count). The molecule has 1 heterocycles. The van der Waals surface area contributed by atoms with Gasteiger partial charge in [0.05, 0.1) is 12.6 Å². The minimum absolute atomic E-state index is 0.270. The van der Waals surface area contributed by atoms with Crippen LogP contribution in [0, 0.1) is 0 Å². The number of aliphatic carboxylic acids is 1. The largest absolute Gasteiger partial charge is 0.480 e. The van der Waals surface area contributed by atoms with E-state index in [4.69, 9.17) is 5.73 Å². The maximum Gasteiger partial charge on any atom is 0.326 e. The SMILES string of the molecule is CSCCC(NC(=O)C1CCCN1C(=O)C(NC(=O)CN)C(C)O)C(=O)O. The number of hydrogen-bond donors (Lipinski definition) is 5. The molecule has 1 aliphatic heterocycles. The summed E-state index contributed by atoms with van der Waals surface area (Å²) in [5.74, 6) is -2.31. The van der Waals surface area contributed by atoms with Crippen molar-refractivity contribution in [1.29, 1.82) is 0 Å². The topological polar surface area (TPSA) is 162 Å². The van der Waals surface area contributed by atoms with E-state index in [0.29, 0.717) is 18.6 Å². The van der Waals surface area contributed by atoms with Gasteiger partial charge in [-0.15, -0.1) is 0 Å². The summed E-state index contributed by atoms with van der Waals surface area (Å²) in [5, 5.41) is 23.9. The number of nitrogens with two attached hydrogens (primary N) is 1. The first-order chi connectivity index (χ1) is 12.7. The van der Waals surface area contributed by atoms with Gasteiger partial charge < -0.3 is 31.5 Å². The first kappa shape index (κ1) is 23.2. The molecular weight excluding hydrogens is 376 g/mol. The number of carbonyl (C=O) groups excluding carboxylic acids is 3. The lowest BCUT2D eigenvalue weighted by molar-refractivity contribution is -0.146. The number of aliphatic hydroxyl groups excluding tert-OH is 1. The molecule has 1 aliphatic rings. The van der Waals surface area contributed by atoms with Gasteiger partial charge in [0.15, 0.2) is 0 Å². The van der Waals surface area contributed by atoms with E-state index in [-0.39, 0.29) is 19.5 Å². The second kappa shape index (κ2) is 11.1. The molecule has 0 aromatic carbocycles. The number of carboxylic acids is 1. The molecule has 3 amide bonds. The molecule has 0 spiro atoms. The van der Waals surface area contributed by atoms with Crippen molar-refractivity contribution in [3.8, 4) is 0 Å². The van der Waals surface area contributed by atoms with Gasteiger partial charge >= 0.3 is 5.97 Å². The number of rotatable bonds is 10. The van der Waals surface area contributed by atoms with E-state index >= 15 is 0 Å². The molecule has 27 heavy (non-hydrogen) atoms. The molecule has 0 aromatic rings. The van der Waals surface area contributed by atoms with Gasteiger partial charge in [-0.3, -0.25) is 14.4 Å². The van der Waals surface area contributed by atoms with Crippen molar-refractivity contribution in [2.75, 3.05) is 25.1 Å². The molecule has 0 radical (unpaired) electrons. The average Bonchev–Trinajstić information content (AvgIpc) is 3.11. The van der Waals surface area contributed by atoms with Gasteiger partial charge in [-0.05, 0) is 38.2 Å². The van der Waals surface area contributed by atoms with Crippen LogP contribution in [0.5, 0.6) is 0 Å². The van der Waals surface area contributed by atoms with Crippen LogP contribution in [0.1, 0.15) is 26.2 Å². The summed E-state index contributed by atoms with van der Waals surface area (Å²) in [6.45, 7) is 1.30. The Bertz CT molecular complexity index is 559. The highest BCUT2D eigenvalue weighted by atomic mass is 32.2. The fourth-order valence-corrected chi connectivity index (χ4v) is 3.34. The van der Waals surface area contributed by atoms with Crippen LogP contribution in [-0.4, -0.2) is 88.1 Å². The van der Waals surface area contributed by atoms with Crippen LogP contribution in [0.2, 0.25) is 0 Å². The van der Waals surface area contributed by atoms with E-state index in [1.807, 2.05) is 6.26 Å². The van der Waals surface area contributed by atoms with E-state index in [1.165, 1.54) is 23.6 Å². The average molecular weight is 404 g/mol. The Balaban J connectivity index is 2.85. The van der Waals surface area contributed by atoms with Crippen molar-refractivity contribution in [2.45, 2.75) is 50.4 Å². The lowest BCUT2D eigenvalue weighted by Crippen LogP contribution is -2.58. The van der Waals surface area contributed by atoms with Gasteiger partial charge in [0, 0.05) is 6.54 Å². The fraction of sp³-hybridized carbons (Fsp3) is 0.750. The number of aliphatic hydroxyl groups is 1. The van der Waals surface area contributed by atoms with Crippen LogP contribution >= 0.6 is 11.8 Å². The molecule has 1 saturated heterocycles. The number of likely N-dealkylation sites (tertiary alicyclic amines) is 1. The normalized spacial score (nSPS) is 19.9. The zero-order valence-electron chi connectivity index (χ0n) is 15.5. The van der Waals surface area contributed by atoms with Crippen molar-refractivity contribution in [3.63, 3.8) is 0 Å². The van der Waals surface area contributed by atoms with Crippen LogP contribution in [0.25, 0.3) is 0 Å². The first-order valence-electron chi connectivity index (χ1n) is 8.73. The molecule has 11 heteroatoms. The van der Waals surface area contributed by atoms with Crippen molar-refractivity contribution in [1.82, 2.24) is 15.5 Å². The Labute approximate surface area is 162 Å². The Hall–Kier alpha value is -1.85. The van der Waals surface area contributed by atoms with Crippen LogP contribution < -0.4 is 16.4 Å². The number of hydrogen-bond acceptors (Lipinski definition) is 7. The molecule has 6 N–H and O–H groups in total. The van der Waals surface area contributed by atoms with Crippen LogP contribution in [0.15, 0.2) is 0 Å². The molecule has 1 fully saturated rings. The Morgan fingerprint density at radius 2 is 1.96 bits per heavy atom. The molecule has 154 valence electrons. The Morgan fingerprint density at radius 3 is 2.48 bits per heavy atom. The standard InChI is InChI=1S/C16H28N4O6S/c1-9(21)13(19-12(22)8-17)15(24)20-6-3-4-11(20)14(23)18-10(16(25)26)5-7-27-2/h9-11,13,21H,3-8,17H2,1-2H3,(H,18,23)(H,19,22)(H,25,26). The van der Waals surface area contributed by atoms with Gasteiger partial charge in [-0.1, -0.05) is 0 Å². The molecule has 10 nitrogen and oxygen atoms in total. The monoisotopic (exact) mass is 404 g/mol. The Kier molecular flexibility index (Phi) is 9.53. The smallest absolute Gasteiger partial charge is 0.326 e. The second-order valence-electron chi connectivity index (χ2n) is 6.36. The van der Waals surface area contributed by atoms with Crippen molar-refractivity contribution in [2.24, 2.45) is 5.73 Å². The van der Waals surface area contributed by atoms with Gasteiger partial charge in [-0.2, -0.15) is 11.8 Å². The summed E-state index contributed by atoms with van der Waals surface area (Å²) in [6, 6.07) is -3.10. The quantitative estimate of drug-likeness (QED) is 0.283. The van der Waals surface area contributed by atoms with Gasteiger partial charge in [0.2, 0.25) is 17.7 Å². The highest BCUT2D eigenvalue weighted by Crippen LogP contribution is 2.20. The van der Waals surface area contributed by atoms with Gasteiger partial charge in [0.25, 0.3) is 0 Å². The number of carboxylic acid groups (broad SMARTS) is 1. The first-order valence-corrected chi connectivity index (χ1v) is 10.1. The summed E-state index contributed by atoms with van der Waals surface area (Å²) in [7, 11) is 0. The highest BCUT2D eigenvalue weighted by molar-refractivity contribution is 7.98. The van der Waals surface area contributed by atoms with Gasteiger partial charge in [-0.25, -0.2) is 4.79 Å². The fourth-order valence-electron chi connectivity index (χ4n) is 2.86. The number of nitrogens with one attached hydrogen (secondary N) is 2.